The summed E-state index contributed by atoms with van der Waals surface area (Å²) >= 11 is 3.77. The van der Waals surface area contributed by atoms with Crippen molar-refractivity contribution in [3.8, 4) is 0 Å². The van der Waals surface area contributed by atoms with Crippen LogP contribution in [0.3, 0.4) is 0 Å². The summed E-state index contributed by atoms with van der Waals surface area (Å²) < 4.78 is 1.23. The molecule has 0 saturated carbocycles. The number of anilines is 1. The van der Waals surface area contributed by atoms with Crippen molar-refractivity contribution in [2.24, 2.45) is 0 Å². The van der Waals surface area contributed by atoms with Gasteiger partial charge in [-0.2, -0.15) is 0 Å². The molecule has 3 heteroatoms. The highest BCUT2D eigenvalue weighted by atomic mass is 79.9. The van der Waals surface area contributed by atoms with E-state index < -0.39 is 0 Å². The van der Waals surface area contributed by atoms with Crippen LogP contribution in [0.4, 0.5) is 5.69 Å². The van der Waals surface area contributed by atoms with Gasteiger partial charge in [-0.25, -0.2) is 0 Å². The number of halogens is 1. The second-order valence-electron chi connectivity index (χ2n) is 6.14. The smallest absolute Gasteiger partial charge is 0.0377 e. The summed E-state index contributed by atoms with van der Waals surface area (Å²) in [6.07, 6.45) is 8.01. The molecule has 0 spiro atoms. The Morgan fingerprint density at radius 2 is 1.81 bits per heavy atom. The first-order chi connectivity index (χ1) is 10.2. The van der Waals surface area contributed by atoms with Gasteiger partial charge < -0.3 is 10.2 Å². The van der Waals surface area contributed by atoms with Crippen LogP contribution in [-0.2, 0) is 0 Å². The van der Waals surface area contributed by atoms with Crippen molar-refractivity contribution in [2.45, 2.75) is 58.4 Å². The predicted molar refractivity (Wildman–Crippen MR) is 96.1 cm³/mol. The van der Waals surface area contributed by atoms with E-state index in [1.165, 1.54) is 67.3 Å². The monoisotopic (exact) mass is 352 g/mol. The standard InChI is InChI=1S/C18H29BrN2/c1-3-11-20-15(2)17-10-9-16(14-18(17)19)21-12-7-5-4-6-8-13-21/h9-10,14-15,20H,3-8,11-13H2,1-2H3. The van der Waals surface area contributed by atoms with Gasteiger partial charge in [0.05, 0.1) is 0 Å². The molecule has 2 rings (SSSR count). The van der Waals surface area contributed by atoms with Crippen LogP contribution in [0.15, 0.2) is 22.7 Å². The molecule has 0 amide bonds. The highest BCUT2D eigenvalue weighted by molar-refractivity contribution is 9.10. The Labute approximate surface area is 138 Å². The molecule has 0 aromatic heterocycles. The minimum Gasteiger partial charge on any atom is -0.372 e. The fourth-order valence-electron chi connectivity index (χ4n) is 3.04. The molecule has 21 heavy (non-hydrogen) atoms. The Morgan fingerprint density at radius 3 is 2.43 bits per heavy atom. The van der Waals surface area contributed by atoms with Gasteiger partial charge in [0.25, 0.3) is 0 Å². The molecule has 1 aliphatic heterocycles. The Kier molecular flexibility index (Phi) is 7.05. The third kappa shape index (κ3) is 5.00. The van der Waals surface area contributed by atoms with E-state index in [1.54, 1.807) is 0 Å². The minimum atomic E-state index is 0.403. The lowest BCUT2D eigenvalue weighted by atomic mass is 10.1. The zero-order valence-electron chi connectivity index (χ0n) is 13.5. The Balaban J connectivity index is 2.06. The summed E-state index contributed by atoms with van der Waals surface area (Å²) in [6, 6.07) is 7.29. The fraction of sp³-hybridized carbons (Fsp3) is 0.667. The van der Waals surface area contributed by atoms with Gasteiger partial charge in [-0.3, -0.25) is 0 Å². The number of rotatable bonds is 5. The number of nitrogens with zero attached hydrogens (tertiary/aromatic N) is 1. The molecule has 1 heterocycles. The Bertz CT molecular complexity index is 425. The van der Waals surface area contributed by atoms with E-state index in [-0.39, 0.29) is 0 Å². The average molecular weight is 353 g/mol. The summed E-state index contributed by atoms with van der Waals surface area (Å²) in [7, 11) is 0. The fourth-order valence-corrected chi connectivity index (χ4v) is 3.75. The van der Waals surface area contributed by atoms with Gasteiger partial charge in [-0.1, -0.05) is 48.2 Å². The lowest BCUT2D eigenvalue weighted by molar-refractivity contribution is 0.555. The van der Waals surface area contributed by atoms with Crippen LogP contribution >= 0.6 is 15.9 Å². The largest absolute Gasteiger partial charge is 0.372 e. The summed E-state index contributed by atoms with van der Waals surface area (Å²) in [5, 5.41) is 3.56. The Morgan fingerprint density at radius 1 is 1.14 bits per heavy atom. The van der Waals surface area contributed by atoms with Crippen molar-refractivity contribution >= 4 is 21.6 Å². The van der Waals surface area contributed by atoms with Crippen molar-refractivity contribution in [3.63, 3.8) is 0 Å². The molecule has 1 N–H and O–H groups in total. The van der Waals surface area contributed by atoms with Crippen LogP contribution in [0, 0.1) is 0 Å². The molecule has 1 aliphatic rings. The van der Waals surface area contributed by atoms with Crippen LogP contribution < -0.4 is 10.2 Å². The normalized spacial score (nSPS) is 18.1. The first-order valence-corrected chi connectivity index (χ1v) is 9.29. The van der Waals surface area contributed by atoms with Crippen molar-refractivity contribution in [3.05, 3.63) is 28.2 Å². The maximum Gasteiger partial charge on any atom is 0.0377 e. The molecule has 1 aromatic rings. The topological polar surface area (TPSA) is 15.3 Å². The summed E-state index contributed by atoms with van der Waals surface area (Å²) in [6.45, 7) is 7.93. The second kappa shape index (κ2) is 8.79. The maximum atomic E-state index is 3.77. The van der Waals surface area contributed by atoms with Crippen molar-refractivity contribution < 1.29 is 0 Å². The zero-order chi connectivity index (χ0) is 15.1. The molecule has 0 bridgehead atoms. The number of benzene rings is 1. The highest BCUT2D eigenvalue weighted by Crippen LogP contribution is 2.29. The number of nitrogens with one attached hydrogen (secondary N) is 1. The zero-order valence-corrected chi connectivity index (χ0v) is 15.1. The van der Waals surface area contributed by atoms with E-state index >= 15 is 0 Å². The number of hydrogen-bond acceptors (Lipinski definition) is 2. The Hall–Kier alpha value is -0.540. The molecule has 2 nitrogen and oxygen atoms in total. The van der Waals surface area contributed by atoms with E-state index in [1.807, 2.05) is 0 Å². The molecule has 0 aliphatic carbocycles. The van der Waals surface area contributed by atoms with E-state index in [0.717, 1.165) is 6.54 Å². The van der Waals surface area contributed by atoms with Gasteiger partial charge in [0.2, 0.25) is 0 Å². The molecule has 1 atom stereocenters. The summed E-state index contributed by atoms with van der Waals surface area (Å²) in [4.78, 5) is 2.55. The molecule has 0 radical (unpaired) electrons. The SMILES string of the molecule is CCCNC(C)c1ccc(N2CCCCCCC2)cc1Br. The predicted octanol–water partition coefficient (Wildman–Crippen LogP) is 5.28. The second-order valence-corrected chi connectivity index (χ2v) is 6.99. The minimum absolute atomic E-state index is 0.403. The van der Waals surface area contributed by atoms with Crippen molar-refractivity contribution in [1.82, 2.24) is 5.32 Å². The number of hydrogen-bond donors (Lipinski definition) is 1. The van der Waals surface area contributed by atoms with Crippen LogP contribution in [-0.4, -0.2) is 19.6 Å². The quantitative estimate of drug-likeness (QED) is 0.775. The molecule has 1 fully saturated rings. The van der Waals surface area contributed by atoms with Gasteiger partial charge in [0, 0.05) is 29.3 Å². The van der Waals surface area contributed by atoms with Crippen LogP contribution in [0.5, 0.6) is 0 Å². The van der Waals surface area contributed by atoms with E-state index in [0.29, 0.717) is 6.04 Å². The summed E-state index contributed by atoms with van der Waals surface area (Å²) in [5.74, 6) is 0. The van der Waals surface area contributed by atoms with Gasteiger partial charge in [0.1, 0.15) is 0 Å². The average Bonchev–Trinajstić information content (AvgIpc) is 2.44. The van der Waals surface area contributed by atoms with Gasteiger partial charge in [-0.15, -0.1) is 0 Å². The molecular weight excluding hydrogens is 324 g/mol. The first-order valence-electron chi connectivity index (χ1n) is 8.50. The maximum absolute atomic E-state index is 3.77. The third-order valence-corrected chi connectivity index (χ3v) is 5.06. The molecular formula is C18H29BrN2. The first kappa shape index (κ1) is 16.8. The van der Waals surface area contributed by atoms with Gasteiger partial charge in [0.15, 0.2) is 0 Å². The molecule has 1 aromatic carbocycles. The van der Waals surface area contributed by atoms with Crippen molar-refractivity contribution in [2.75, 3.05) is 24.5 Å². The van der Waals surface area contributed by atoms with E-state index in [9.17, 15) is 0 Å². The molecule has 1 saturated heterocycles. The summed E-state index contributed by atoms with van der Waals surface area (Å²) in [5.41, 5.74) is 2.73. The molecule has 118 valence electrons. The lowest BCUT2D eigenvalue weighted by Crippen LogP contribution is -2.27. The van der Waals surface area contributed by atoms with Crippen molar-refractivity contribution in [1.29, 1.82) is 0 Å². The van der Waals surface area contributed by atoms with E-state index in [4.69, 9.17) is 0 Å². The van der Waals surface area contributed by atoms with Crippen LogP contribution in [0.25, 0.3) is 0 Å². The lowest BCUT2D eigenvalue weighted by Gasteiger charge is -2.28. The van der Waals surface area contributed by atoms with Crippen LogP contribution in [0.1, 0.15) is 64.0 Å². The third-order valence-electron chi connectivity index (χ3n) is 4.37. The van der Waals surface area contributed by atoms with E-state index in [2.05, 4.69) is 58.2 Å². The van der Waals surface area contributed by atoms with Gasteiger partial charge >= 0.3 is 0 Å². The van der Waals surface area contributed by atoms with Gasteiger partial charge in [-0.05, 0) is 50.4 Å². The highest BCUT2D eigenvalue weighted by Gasteiger charge is 2.13. The molecule has 1 unspecified atom stereocenters. The van der Waals surface area contributed by atoms with Crippen LogP contribution in [0.2, 0.25) is 0 Å².